The summed E-state index contributed by atoms with van der Waals surface area (Å²) in [4.78, 5) is 21.9. The van der Waals surface area contributed by atoms with Gasteiger partial charge in [0.2, 0.25) is 17.6 Å². The Morgan fingerprint density at radius 1 is 1.31 bits per heavy atom. The van der Waals surface area contributed by atoms with Crippen molar-refractivity contribution in [3.05, 3.63) is 52.8 Å². The summed E-state index contributed by atoms with van der Waals surface area (Å²) < 4.78 is 5.24. The summed E-state index contributed by atoms with van der Waals surface area (Å²) in [7, 11) is 0. The lowest BCUT2D eigenvalue weighted by molar-refractivity contribution is -0.122. The predicted octanol–water partition coefficient (Wildman–Crippen LogP) is 4.03. The monoisotopic (exact) mass is 370 g/mol. The number of carbonyl (C=O) groups excluding carboxylic acids is 1. The minimum Gasteiger partial charge on any atom is -0.348 e. The number of amides is 1. The summed E-state index contributed by atoms with van der Waals surface area (Å²) in [6, 6.07) is 7.81. The number of pyridine rings is 1. The van der Waals surface area contributed by atoms with Crippen LogP contribution in [0.15, 0.2) is 46.6 Å². The van der Waals surface area contributed by atoms with E-state index in [0.717, 1.165) is 12.0 Å². The summed E-state index contributed by atoms with van der Waals surface area (Å²) in [6.45, 7) is 4.32. The normalized spacial score (nSPS) is 12.3. The molecular formula is C19H22N4O2S. The summed E-state index contributed by atoms with van der Waals surface area (Å²) >= 11 is 1.67. The third-order valence-electron chi connectivity index (χ3n) is 3.88. The number of nitrogens with one attached hydrogen (secondary N) is 1. The third kappa shape index (κ3) is 4.98. The van der Waals surface area contributed by atoms with Gasteiger partial charge in [-0.1, -0.05) is 25.1 Å². The highest BCUT2D eigenvalue weighted by Crippen LogP contribution is 2.25. The number of aromatic nitrogens is 3. The molecule has 3 aromatic rings. The lowest BCUT2D eigenvalue weighted by Crippen LogP contribution is -2.29. The number of rotatable bonds is 8. The van der Waals surface area contributed by atoms with Gasteiger partial charge in [-0.15, -0.1) is 11.3 Å². The Bertz CT molecular complexity index is 815. The lowest BCUT2D eigenvalue weighted by atomic mass is 10.0. The van der Waals surface area contributed by atoms with Gasteiger partial charge in [-0.05, 0) is 35.9 Å². The van der Waals surface area contributed by atoms with Crippen molar-refractivity contribution < 1.29 is 9.32 Å². The van der Waals surface area contributed by atoms with Crippen LogP contribution in [0.3, 0.4) is 0 Å². The zero-order valence-electron chi connectivity index (χ0n) is 14.9. The van der Waals surface area contributed by atoms with Crippen LogP contribution in [0.5, 0.6) is 0 Å². The van der Waals surface area contributed by atoms with Gasteiger partial charge < -0.3 is 9.84 Å². The zero-order chi connectivity index (χ0) is 18.4. The molecule has 0 radical (unpaired) electrons. The Hall–Kier alpha value is -2.54. The average Bonchev–Trinajstić information content (AvgIpc) is 3.32. The highest BCUT2D eigenvalue weighted by Gasteiger charge is 2.18. The van der Waals surface area contributed by atoms with Crippen LogP contribution in [-0.4, -0.2) is 21.0 Å². The summed E-state index contributed by atoms with van der Waals surface area (Å²) in [5, 5.41) is 9.12. The SMILES string of the molecule is CC(C)CC(NC(=O)CCc1nc(-c2cccnc2)no1)c1cccs1. The van der Waals surface area contributed by atoms with Crippen LogP contribution in [0.25, 0.3) is 11.4 Å². The second kappa shape index (κ2) is 8.71. The van der Waals surface area contributed by atoms with Gasteiger partial charge in [-0.2, -0.15) is 4.98 Å². The van der Waals surface area contributed by atoms with Crippen molar-refractivity contribution >= 4 is 17.2 Å². The highest BCUT2D eigenvalue weighted by molar-refractivity contribution is 7.10. The molecule has 1 atom stereocenters. The molecule has 0 aliphatic rings. The quantitative estimate of drug-likeness (QED) is 0.647. The largest absolute Gasteiger partial charge is 0.348 e. The fourth-order valence-electron chi connectivity index (χ4n) is 2.66. The maximum atomic E-state index is 12.4. The van der Waals surface area contributed by atoms with Crippen LogP contribution < -0.4 is 5.32 Å². The van der Waals surface area contributed by atoms with Gasteiger partial charge in [0.15, 0.2) is 0 Å². The maximum absolute atomic E-state index is 12.4. The van der Waals surface area contributed by atoms with Gasteiger partial charge >= 0.3 is 0 Å². The van der Waals surface area contributed by atoms with E-state index in [4.69, 9.17) is 4.52 Å². The number of carbonyl (C=O) groups is 1. The maximum Gasteiger partial charge on any atom is 0.227 e. The fraction of sp³-hybridized carbons (Fsp3) is 0.368. The molecule has 0 aromatic carbocycles. The van der Waals surface area contributed by atoms with Gasteiger partial charge in [-0.25, -0.2) is 0 Å². The van der Waals surface area contributed by atoms with E-state index in [-0.39, 0.29) is 11.9 Å². The van der Waals surface area contributed by atoms with E-state index in [1.165, 1.54) is 4.88 Å². The molecule has 26 heavy (non-hydrogen) atoms. The van der Waals surface area contributed by atoms with E-state index >= 15 is 0 Å². The number of hydrogen-bond donors (Lipinski definition) is 1. The molecule has 0 aliphatic carbocycles. The minimum atomic E-state index is -0.00909. The molecule has 0 aliphatic heterocycles. The summed E-state index contributed by atoms with van der Waals surface area (Å²) in [6.07, 6.45) is 5.01. The van der Waals surface area contributed by atoms with Crippen molar-refractivity contribution in [1.29, 1.82) is 0 Å². The van der Waals surface area contributed by atoms with Crippen molar-refractivity contribution in [1.82, 2.24) is 20.4 Å². The molecule has 7 heteroatoms. The van der Waals surface area contributed by atoms with Crippen molar-refractivity contribution in [3.8, 4) is 11.4 Å². The van der Waals surface area contributed by atoms with Crippen LogP contribution in [-0.2, 0) is 11.2 Å². The molecule has 0 bridgehead atoms. The molecule has 3 aromatic heterocycles. The Labute approximate surface area is 156 Å². The highest BCUT2D eigenvalue weighted by atomic mass is 32.1. The van der Waals surface area contributed by atoms with Gasteiger partial charge in [0.1, 0.15) is 0 Å². The standard InChI is InChI=1S/C19H22N4O2S/c1-13(2)11-15(16-6-4-10-26-16)21-17(24)7-8-18-22-19(23-25-18)14-5-3-9-20-12-14/h3-6,9-10,12-13,15H,7-8,11H2,1-2H3,(H,21,24). The Kier molecular flexibility index (Phi) is 6.12. The predicted molar refractivity (Wildman–Crippen MR) is 101 cm³/mol. The van der Waals surface area contributed by atoms with Crippen molar-refractivity contribution in [2.75, 3.05) is 0 Å². The van der Waals surface area contributed by atoms with Crippen LogP contribution in [0.1, 0.15) is 43.5 Å². The lowest BCUT2D eigenvalue weighted by Gasteiger charge is -2.19. The molecular weight excluding hydrogens is 348 g/mol. The number of hydrogen-bond acceptors (Lipinski definition) is 6. The molecule has 0 fully saturated rings. The molecule has 0 spiro atoms. The van der Waals surface area contributed by atoms with Gasteiger partial charge in [0.25, 0.3) is 0 Å². The molecule has 3 heterocycles. The average molecular weight is 370 g/mol. The second-order valence-electron chi connectivity index (χ2n) is 6.52. The number of nitrogens with zero attached hydrogens (tertiary/aromatic N) is 3. The Balaban J connectivity index is 1.56. The first kappa shape index (κ1) is 18.3. The first-order valence-electron chi connectivity index (χ1n) is 8.67. The molecule has 1 N–H and O–H groups in total. The number of aryl methyl sites for hydroxylation is 1. The minimum absolute atomic E-state index is 0.00909. The first-order valence-corrected chi connectivity index (χ1v) is 9.55. The molecule has 1 amide bonds. The van der Waals surface area contributed by atoms with E-state index < -0.39 is 0 Å². The smallest absolute Gasteiger partial charge is 0.227 e. The third-order valence-corrected chi connectivity index (χ3v) is 4.87. The van der Waals surface area contributed by atoms with Crippen molar-refractivity contribution in [2.45, 2.75) is 39.2 Å². The Morgan fingerprint density at radius 2 is 2.19 bits per heavy atom. The van der Waals surface area contributed by atoms with E-state index in [1.807, 2.05) is 23.6 Å². The van der Waals surface area contributed by atoms with Crippen LogP contribution >= 0.6 is 11.3 Å². The molecule has 0 saturated carbocycles. The van der Waals surface area contributed by atoms with Crippen molar-refractivity contribution in [2.24, 2.45) is 5.92 Å². The molecule has 1 unspecified atom stereocenters. The second-order valence-corrected chi connectivity index (χ2v) is 7.50. The van der Waals surface area contributed by atoms with E-state index in [0.29, 0.717) is 30.5 Å². The van der Waals surface area contributed by atoms with Gasteiger partial charge in [-0.3, -0.25) is 9.78 Å². The van der Waals surface area contributed by atoms with Crippen LogP contribution in [0, 0.1) is 5.92 Å². The van der Waals surface area contributed by atoms with Crippen molar-refractivity contribution in [3.63, 3.8) is 0 Å². The Morgan fingerprint density at radius 3 is 2.88 bits per heavy atom. The number of thiophene rings is 1. The van der Waals surface area contributed by atoms with Crippen LogP contribution in [0.4, 0.5) is 0 Å². The molecule has 6 nitrogen and oxygen atoms in total. The molecule has 136 valence electrons. The van der Waals surface area contributed by atoms with Gasteiger partial charge in [0, 0.05) is 35.7 Å². The summed E-state index contributed by atoms with van der Waals surface area (Å²) in [5.74, 6) is 1.44. The van der Waals surface area contributed by atoms with Gasteiger partial charge in [0.05, 0.1) is 6.04 Å². The molecule has 3 rings (SSSR count). The topological polar surface area (TPSA) is 80.9 Å². The van der Waals surface area contributed by atoms with E-state index in [1.54, 1.807) is 23.7 Å². The fourth-order valence-corrected chi connectivity index (χ4v) is 3.45. The first-order chi connectivity index (χ1) is 12.6. The molecule has 0 saturated heterocycles. The van der Waals surface area contributed by atoms with Crippen LogP contribution in [0.2, 0.25) is 0 Å². The summed E-state index contributed by atoms with van der Waals surface area (Å²) in [5.41, 5.74) is 0.793. The van der Waals surface area contributed by atoms with E-state index in [2.05, 4.69) is 40.4 Å². The zero-order valence-corrected chi connectivity index (χ0v) is 15.7. The van der Waals surface area contributed by atoms with E-state index in [9.17, 15) is 4.79 Å².